The summed E-state index contributed by atoms with van der Waals surface area (Å²) in [6.45, 7) is 0.646. The maximum atomic E-state index is 11.3. The van der Waals surface area contributed by atoms with Gasteiger partial charge < -0.3 is 4.90 Å². The molecule has 0 atom stereocenters. The van der Waals surface area contributed by atoms with Crippen molar-refractivity contribution in [2.45, 2.75) is 12.5 Å². The molecule has 0 N–H and O–H groups in total. The minimum absolute atomic E-state index is 0.0901. The van der Waals surface area contributed by atoms with Gasteiger partial charge in [0.05, 0.1) is 5.92 Å². The van der Waals surface area contributed by atoms with E-state index < -0.39 is 0 Å². The second kappa shape index (κ2) is 6.40. The van der Waals surface area contributed by atoms with Crippen LogP contribution < -0.4 is 4.90 Å². The molecule has 0 bridgehead atoms. The Morgan fingerprint density at radius 1 is 0.800 bits per heavy atom. The lowest BCUT2D eigenvalue weighted by atomic mass is 9.84. The van der Waals surface area contributed by atoms with Crippen LogP contribution in [0.4, 0.5) is 11.4 Å². The Morgan fingerprint density at radius 2 is 1.32 bits per heavy atom. The lowest BCUT2D eigenvalue weighted by molar-refractivity contribution is -0.481. The molecule has 4 rings (SSSR count). The Balaban J connectivity index is 1.85. The van der Waals surface area contributed by atoms with Gasteiger partial charge in [0, 0.05) is 22.8 Å². The van der Waals surface area contributed by atoms with Crippen LogP contribution in [0.25, 0.3) is 0 Å². The first-order valence-corrected chi connectivity index (χ1v) is 8.35. The molecule has 0 aromatic heterocycles. The number of hydrogen-bond acceptors (Lipinski definition) is 3. The molecule has 0 spiro atoms. The normalized spacial score (nSPS) is 13.2. The predicted molar refractivity (Wildman–Crippen MR) is 98.9 cm³/mol. The van der Waals surface area contributed by atoms with Crippen LogP contribution in [0.5, 0.6) is 0 Å². The molecule has 4 heteroatoms. The van der Waals surface area contributed by atoms with Gasteiger partial charge in [0.15, 0.2) is 0 Å². The van der Waals surface area contributed by atoms with Crippen molar-refractivity contribution in [1.82, 2.24) is 0 Å². The largest absolute Gasteiger partial charge is 0.336 e. The smallest absolute Gasteiger partial charge is 0.214 e. The van der Waals surface area contributed by atoms with Crippen molar-refractivity contribution >= 4 is 11.4 Å². The topological polar surface area (TPSA) is 46.4 Å². The van der Waals surface area contributed by atoms with Crippen LogP contribution in [-0.2, 0) is 6.54 Å². The summed E-state index contributed by atoms with van der Waals surface area (Å²) >= 11 is 0. The van der Waals surface area contributed by atoms with Crippen LogP contribution in [0.2, 0.25) is 0 Å². The highest BCUT2D eigenvalue weighted by atomic mass is 16.6. The maximum absolute atomic E-state index is 11.3. The molecule has 3 aromatic rings. The van der Waals surface area contributed by atoms with Crippen molar-refractivity contribution in [2.24, 2.45) is 0 Å². The first kappa shape index (κ1) is 15.4. The van der Waals surface area contributed by atoms with Crippen molar-refractivity contribution in [2.75, 3.05) is 11.4 Å². The SMILES string of the molecule is O=[N+]([O-])CC1c2ccccc2N(Cc2ccccc2)c2ccccc21. The van der Waals surface area contributed by atoms with Crippen LogP contribution in [0, 0.1) is 10.1 Å². The highest BCUT2D eigenvalue weighted by Gasteiger charge is 2.32. The van der Waals surface area contributed by atoms with Gasteiger partial charge in [0.1, 0.15) is 0 Å². The standard InChI is InChI=1S/C21H18N2O2/c24-23(25)15-19-17-10-4-6-12-20(17)22(14-16-8-2-1-3-9-16)21-13-7-5-11-18(19)21/h1-13,19H,14-15H2. The van der Waals surface area contributed by atoms with Crippen molar-refractivity contribution in [3.05, 3.63) is 106 Å². The third-order valence-corrected chi connectivity index (χ3v) is 4.72. The minimum atomic E-state index is -0.217. The summed E-state index contributed by atoms with van der Waals surface area (Å²) < 4.78 is 0. The fourth-order valence-electron chi connectivity index (χ4n) is 3.64. The molecule has 4 nitrogen and oxygen atoms in total. The number of nitro groups is 1. The quantitative estimate of drug-likeness (QED) is 0.512. The monoisotopic (exact) mass is 330 g/mol. The molecule has 0 fully saturated rings. The van der Waals surface area contributed by atoms with Crippen LogP contribution in [0.1, 0.15) is 22.6 Å². The van der Waals surface area contributed by atoms with E-state index in [0.717, 1.165) is 29.0 Å². The number of hydrogen-bond donors (Lipinski definition) is 0. The van der Waals surface area contributed by atoms with Gasteiger partial charge in [-0.05, 0) is 28.8 Å². The molecule has 124 valence electrons. The molecule has 25 heavy (non-hydrogen) atoms. The van der Waals surface area contributed by atoms with E-state index in [0.29, 0.717) is 0 Å². The Bertz CT molecular complexity index is 861. The fourth-order valence-corrected chi connectivity index (χ4v) is 3.64. The molecule has 0 saturated carbocycles. The fraction of sp³-hybridized carbons (Fsp3) is 0.143. The lowest BCUT2D eigenvalue weighted by Gasteiger charge is -2.36. The summed E-state index contributed by atoms with van der Waals surface area (Å²) in [4.78, 5) is 13.3. The maximum Gasteiger partial charge on any atom is 0.214 e. The van der Waals surface area contributed by atoms with Crippen molar-refractivity contribution < 1.29 is 4.92 Å². The molecule has 0 saturated heterocycles. The van der Waals surface area contributed by atoms with E-state index in [1.54, 1.807) is 0 Å². The van der Waals surface area contributed by atoms with Crippen LogP contribution in [0.15, 0.2) is 78.9 Å². The van der Waals surface area contributed by atoms with Crippen LogP contribution >= 0.6 is 0 Å². The molecule has 1 aliphatic rings. The third-order valence-electron chi connectivity index (χ3n) is 4.72. The van der Waals surface area contributed by atoms with E-state index in [9.17, 15) is 10.1 Å². The van der Waals surface area contributed by atoms with Gasteiger partial charge in [-0.25, -0.2) is 0 Å². The number of fused-ring (bicyclic) bond motifs is 2. The highest BCUT2D eigenvalue weighted by molar-refractivity contribution is 5.76. The summed E-state index contributed by atoms with van der Waals surface area (Å²) in [5, 5.41) is 11.3. The van der Waals surface area contributed by atoms with Crippen LogP contribution in [-0.4, -0.2) is 11.5 Å². The van der Waals surface area contributed by atoms with Crippen molar-refractivity contribution in [3.63, 3.8) is 0 Å². The molecule has 0 amide bonds. The van der Waals surface area contributed by atoms with Crippen molar-refractivity contribution in [3.8, 4) is 0 Å². The van der Waals surface area contributed by atoms with Gasteiger partial charge in [0.25, 0.3) is 0 Å². The zero-order valence-corrected chi connectivity index (χ0v) is 13.7. The van der Waals surface area contributed by atoms with Crippen LogP contribution in [0.3, 0.4) is 0 Å². The average molecular weight is 330 g/mol. The zero-order valence-electron chi connectivity index (χ0n) is 13.7. The summed E-state index contributed by atoms with van der Waals surface area (Å²) in [6, 6.07) is 26.3. The van der Waals surface area contributed by atoms with E-state index in [1.165, 1.54) is 5.56 Å². The Hall–Kier alpha value is -3.14. The van der Waals surface area contributed by atoms with E-state index in [-0.39, 0.29) is 17.4 Å². The van der Waals surface area contributed by atoms with E-state index in [2.05, 4.69) is 29.2 Å². The summed E-state index contributed by atoms with van der Waals surface area (Å²) in [5.74, 6) is -0.213. The van der Waals surface area contributed by atoms with Gasteiger partial charge >= 0.3 is 0 Å². The van der Waals surface area contributed by atoms with Gasteiger partial charge in [0.2, 0.25) is 6.54 Å². The lowest BCUT2D eigenvalue weighted by Crippen LogP contribution is -2.28. The molecule has 0 unspecified atom stereocenters. The third kappa shape index (κ3) is 2.87. The first-order chi connectivity index (χ1) is 12.2. The molecule has 1 aliphatic heterocycles. The number of rotatable bonds is 4. The number of nitrogens with zero attached hydrogens (tertiary/aromatic N) is 2. The molecule has 3 aromatic carbocycles. The second-order valence-electron chi connectivity index (χ2n) is 6.26. The second-order valence-corrected chi connectivity index (χ2v) is 6.26. The number of benzene rings is 3. The van der Waals surface area contributed by atoms with Gasteiger partial charge in [-0.1, -0.05) is 66.7 Å². The number of para-hydroxylation sites is 2. The Morgan fingerprint density at radius 3 is 1.88 bits per heavy atom. The predicted octanol–water partition coefficient (Wildman–Crippen LogP) is 4.75. The summed E-state index contributed by atoms with van der Waals surface area (Å²) in [7, 11) is 0. The average Bonchev–Trinajstić information content (AvgIpc) is 2.65. The number of anilines is 2. The summed E-state index contributed by atoms with van der Waals surface area (Å²) in [6.07, 6.45) is 0. The molecule has 0 radical (unpaired) electrons. The van der Waals surface area contributed by atoms with E-state index in [4.69, 9.17) is 0 Å². The summed E-state index contributed by atoms with van der Waals surface area (Å²) in [5.41, 5.74) is 5.36. The molecular weight excluding hydrogens is 312 g/mol. The zero-order chi connectivity index (χ0) is 17.2. The molecule has 1 heterocycles. The van der Waals surface area contributed by atoms with E-state index >= 15 is 0 Å². The van der Waals surface area contributed by atoms with Gasteiger partial charge in [-0.3, -0.25) is 10.1 Å². The minimum Gasteiger partial charge on any atom is -0.336 e. The molecule has 0 aliphatic carbocycles. The Kier molecular flexibility index (Phi) is 3.94. The van der Waals surface area contributed by atoms with Gasteiger partial charge in [-0.15, -0.1) is 0 Å². The highest BCUT2D eigenvalue weighted by Crippen LogP contribution is 2.45. The van der Waals surface area contributed by atoms with E-state index in [1.807, 2.05) is 54.6 Å². The van der Waals surface area contributed by atoms with Crippen molar-refractivity contribution in [1.29, 1.82) is 0 Å². The Labute approximate surface area is 146 Å². The first-order valence-electron chi connectivity index (χ1n) is 8.35. The van der Waals surface area contributed by atoms with Gasteiger partial charge in [-0.2, -0.15) is 0 Å². The molecular formula is C21H18N2O2.